The van der Waals surface area contributed by atoms with Crippen LogP contribution in [0.4, 0.5) is 5.69 Å². The fraction of sp³-hybridized carbons (Fsp3) is 0.333. The highest BCUT2D eigenvalue weighted by Crippen LogP contribution is 2.36. The van der Waals surface area contributed by atoms with Crippen LogP contribution in [0.25, 0.3) is 11.4 Å². The first-order chi connectivity index (χ1) is 13.7. The van der Waals surface area contributed by atoms with Crippen LogP contribution in [0.2, 0.25) is 0 Å². The van der Waals surface area contributed by atoms with E-state index in [4.69, 9.17) is 0 Å². The number of carbonyl (C=O) groups excluding carboxylic acids is 1. The van der Waals surface area contributed by atoms with Gasteiger partial charge in [0, 0.05) is 36.2 Å². The van der Waals surface area contributed by atoms with Crippen LogP contribution in [0.15, 0.2) is 53.6 Å². The van der Waals surface area contributed by atoms with E-state index in [0.29, 0.717) is 12.4 Å². The van der Waals surface area contributed by atoms with Crippen molar-refractivity contribution in [3.63, 3.8) is 0 Å². The topological polar surface area (TPSA) is 73.0 Å². The molecule has 1 amide bonds. The van der Waals surface area contributed by atoms with Crippen molar-refractivity contribution in [2.24, 2.45) is 0 Å². The molecule has 2 aliphatic rings. The molecule has 0 spiro atoms. The van der Waals surface area contributed by atoms with E-state index in [-0.39, 0.29) is 24.2 Å². The average molecular weight is 375 g/mol. The van der Waals surface area contributed by atoms with Crippen molar-refractivity contribution >= 4 is 11.6 Å². The number of nitrogens with zero attached hydrogens (tertiary/aromatic N) is 5. The van der Waals surface area contributed by atoms with Gasteiger partial charge in [-0.25, -0.2) is 9.48 Å². The standard InChI is InChI=1S/C21H21N5O2/c27-19(24-12-4-7-15-5-1-2-8-18(15)24)14-25-21(28)26(17-9-10-17)20(23-25)16-6-3-11-22-13-16/h1-3,5-6,8,11,13,17H,4,7,9-10,12,14H2. The Morgan fingerprint density at radius 3 is 2.79 bits per heavy atom. The van der Waals surface area contributed by atoms with Crippen LogP contribution in [-0.4, -0.2) is 31.8 Å². The Hall–Kier alpha value is -3.22. The van der Waals surface area contributed by atoms with Crippen LogP contribution in [0, 0.1) is 0 Å². The fourth-order valence-corrected chi connectivity index (χ4v) is 3.88. The molecule has 0 unspecified atom stereocenters. The van der Waals surface area contributed by atoms with Crippen molar-refractivity contribution in [2.75, 3.05) is 11.4 Å². The molecule has 2 aromatic heterocycles. The lowest BCUT2D eigenvalue weighted by Gasteiger charge is -2.29. The van der Waals surface area contributed by atoms with Crippen molar-refractivity contribution in [1.29, 1.82) is 0 Å². The zero-order valence-electron chi connectivity index (χ0n) is 15.5. The lowest BCUT2D eigenvalue weighted by molar-refractivity contribution is -0.119. The van der Waals surface area contributed by atoms with Gasteiger partial charge in [-0.05, 0) is 49.4 Å². The normalized spacial score (nSPS) is 16.1. The Bertz CT molecular complexity index is 1080. The van der Waals surface area contributed by atoms with Crippen LogP contribution in [0.3, 0.4) is 0 Å². The molecule has 0 bridgehead atoms. The van der Waals surface area contributed by atoms with Gasteiger partial charge in [0.2, 0.25) is 5.91 Å². The molecule has 28 heavy (non-hydrogen) atoms. The quantitative estimate of drug-likeness (QED) is 0.702. The number of anilines is 1. The van der Waals surface area contributed by atoms with Gasteiger partial charge in [-0.3, -0.25) is 14.3 Å². The summed E-state index contributed by atoms with van der Waals surface area (Å²) in [6.07, 6.45) is 7.22. The molecule has 142 valence electrons. The lowest BCUT2D eigenvalue weighted by atomic mass is 10.0. The van der Waals surface area contributed by atoms with Gasteiger partial charge in [0.05, 0.1) is 0 Å². The van der Waals surface area contributed by atoms with Crippen LogP contribution >= 0.6 is 0 Å². The minimum Gasteiger partial charge on any atom is -0.311 e. The molecule has 1 saturated carbocycles. The van der Waals surface area contributed by atoms with Crippen molar-refractivity contribution in [2.45, 2.75) is 38.3 Å². The van der Waals surface area contributed by atoms with E-state index in [1.807, 2.05) is 30.3 Å². The number of aryl methyl sites for hydroxylation is 1. The van der Waals surface area contributed by atoms with Gasteiger partial charge >= 0.3 is 5.69 Å². The number of para-hydroxylation sites is 1. The molecule has 7 heteroatoms. The third-order valence-corrected chi connectivity index (χ3v) is 5.40. The summed E-state index contributed by atoms with van der Waals surface area (Å²) in [6.45, 7) is 0.615. The maximum Gasteiger partial charge on any atom is 0.346 e. The molecular weight excluding hydrogens is 354 g/mol. The van der Waals surface area contributed by atoms with Crippen LogP contribution in [-0.2, 0) is 17.8 Å². The first-order valence-corrected chi connectivity index (χ1v) is 9.70. The van der Waals surface area contributed by atoms with E-state index in [2.05, 4.69) is 16.1 Å². The first-order valence-electron chi connectivity index (χ1n) is 9.70. The summed E-state index contributed by atoms with van der Waals surface area (Å²) >= 11 is 0. The monoisotopic (exact) mass is 375 g/mol. The van der Waals surface area contributed by atoms with Gasteiger partial charge in [-0.2, -0.15) is 0 Å². The second kappa shape index (κ2) is 6.74. The largest absolute Gasteiger partial charge is 0.346 e. The van der Waals surface area contributed by atoms with Crippen molar-refractivity contribution in [1.82, 2.24) is 19.3 Å². The molecule has 0 atom stereocenters. The molecule has 1 aliphatic heterocycles. The summed E-state index contributed by atoms with van der Waals surface area (Å²) in [7, 11) is 0. The van der Waals surface area contributed by atoms with Crippen LogP contribution < -0.4 is 10.6 Å². The molecule has 0 saturated heterocycles. The maximum absolute atomic E-state index is 13.0. The molecule has 3 heterocycles. The molecule has 1 aliphatic carbocycles. The summed E-state index contributed by atoms with van der Waals surface area (Å²) < 4.78 is 3.02. The Balaban J connectivity index is 1.48. The highest BCUT2D eigenvalue weighted by molar-refractivity contribution is 5.94. The van der Waals surface area contributed by atoms with Crippen LogP contribution in [0.5, 0.6) is 0 Å². The molecule has 0 radical (unpaired) electrons. The summed E-state index contributed by atoms with van der Waals surface area (Å²) in [6, 6.07) is 11.9. The zero-order valence-corrected chi connectivity index (χ0v) is 15.5. The molecule has 7 nitrogen and oxygen atoms in total. The second-order valence-electron chi connectivity index (χ2n) is 7.38. The van der Waals surface area contributed by atoms with Crippen LogP contribution in [0.1, 0.15) is 30.9 Å². The number of aromatic nitrogens is 4. The number of hydrogen-bond donors (Lipinski definition) is 0. The van der Waals surface area contributed by atoms with E-state index in [9.17, 15) is 9.59 Å². The van der Waals surface area contributed by atoms with E-state index in [1.54, 1.807) is 21.9 Å². The number of amides is 1. The van der Waals surface area contributed by atoms with E-state index >= 15 is 0 Å². The van der Waals surface area contributed by atoms with E-state index in [1.165, 1.54) is 10.2 Å². The summed E-state index contributed by atoms with van der Waals surface area (Å²) in [5.74, 6) is 0.486. The lowest BCUT2D eigenvalue weighted by Crippen LogP contribution is -2.40. The second-order valence-corrected chi connectivity index (χ2v) is 7.38. The van der Waals surface area contributed by atoms with E-state index < -0.39 is 0 Å². The number of hydrogen-bond acceptors (Lipinski definition) is 4. The number of rotatable bonds is 4. The van der Waals surface area contributed by atoms with Crippen molar-refractivity contribution in [3.8, 4) is 11.4 Å². The van der Waals surface area contributed by atoms with Crippen molar-refractivity contribution in [3.05, 3.63) is 64.8 Å². The van der Waals surface area contributed by atoms with Crippen molar-refractivity contribution < 1.29 is 4.79 Å². The first kappa shape index (κ1) is 16.9. The fourth-order valence-electron chi connectivity index (χ4n) is 3.88. The zero-order chi connectivity index (χ0) is 19.1. The minimum atomic E-state index is -0.222. The molecule has 3 aromatic rings. The molecule has 0 N–H and O–H groups in total. The summed E-state index contributed by atoms with van der Waals surface area (Å²) in [4.78, 5) is 31.9. The summed E-state index contributed by atoms with van der Waals surface area (Å²) in [5.41, 5.74) is 2.69. The molecular formula is C21H21N5O2. The van der Waals surface area contributed by atoms with Gasteiger partial charge in [0.1, 0.15) is 6.54 Å². The van der Waals surface area contributed by atoms with Gasteiger partial charge < -0.3 is 4.90 Å². The average Bonchev–Trinajstić information content (AvgIpc) is 3.52. The summed E-state index contributed by atoms with van der Waals surface area (Å²) in [5, 5.41) is 4.51. The predicted molar refractivity (Wildman–Crippen MR) is 105 cm³/mol. The highest BCUT2D eigenvalue weighted by Gasteiger charge is 2.31. The molecule has 1 aromatic carbocycles. The van der Waals surface area contributed by atoms with Gasteiger partial charge in [0.25, 0.3) is 0 Å². The highest BCUT2D eigenvalue weighted by atomic mass is 16.2. The molecule has 5 rings (SSSR count). The maximum atomic E-state index is 13.0. The number of benzene rings is 1. The third-order valence-electron chi connectivity index (χ3n) is 5.40. The third kappa shape index (κ3) is 2.93. The minimum absolute atomic E-state index is 0.0554. The Labute approximate surface area is 162 Å². The van der Waals surface area contributed by atoms with Gasteiger partial charge in [-0.1, -0.05) is 18.2 Å². The van der Waals surface area contributed by atoms with E-state index in [0.717, 1.165) is 36.9 Å². The predicted octanol–water partition coefficient (Wildman–Crippen LogP) is 2.42. The number of pyridine rings is 1. The smallest absolute Gasteiger partial charge is 0.311 e. The number of fused-ring (bicyclic) bond motifs is 1. The SMILES string of the molecule is O=C(Cn1nc(-c2cccnc2)n(C2CC2)c1=O)N1CCCc2ccccc21. The Kier molecular flexibility index (Phi) is 4.07. The van der Waals surface area contributed by atoms with Gasteiger partial charge in [-0.15, -0.1) is 5.10 Å². The Morgan fingerprint density at radius 2 is 2.00 bits per heavy atom. The number of carbonyl (C=O) groups is 1. The Morgan fingerprint density at radius 1 is 1.14 bits per heavy atom. The van der Waals surface area contributed by atoms with Gasteiger partial charge in [0.15, 0.2) is 5.82 Å². The molecule has 1 fully saturated rings.